The average Bonchev–Trinajstić information content (AvgIpc) is 2.46. The van der Waals surface area contributed by atoms with Crippen LogP contribution >= 0.6 is 0 Å². The van der Waals surface area contributed by atoms with E-state index in [1.54, 1.807) is 0 Å². The summed E-state index contributed by atoms with van der Waals surface area (Å²) < 4.78 is 47.3. The molecule has 0 aromatic carbocycles. The average molecular weight is 370 g/mol. The molecule has 0 unspecified atom stereocenters. The number of hydrogen-bond donors (Lipinski definition) is 1. The highest BCUT2D eigenvalue weighted by Crippen LogP contribution is 2.21. The first kappa shape index (κ1) is 21.8. The summed E-state index contributed by atoms with van der Waals surface area (Å²) in [5.74, 6) is -0.876. The van der Waals surface area contributed by atoms with Gasteiger partial charge >= 0.3 is 0 Å². The predicted molar refractivity (Wildman–Crippen MR) is 86.8 cm³/mol. The molecule has 2 saturated heterocycles. The molecule has 0 bridgehead atoms. The van der Waals surface area contributed by atoms with E-state index in [1.165, 1.54) is 0 Å². The van der Waals surface area contributed by atoms with Gasteiger partial charge in [-0.2, -0.15) is 8.42 Å². The molecule has 0 spiro atoms. The van der Waals surface area contributed by atoms with Crippen molar-refractivity contribution in [1.29, 1.82) is 0 Å². The molecule has 24 heavy (non-hydrogen) atoms. The molecule has 0 aromatic rings. The van der Waals surface area contributed by atoms with Gasteiger partial charge in [0, 0.05) is 11.8 Å². The SMILES string of the molecule is CC1(C)OCC(CO)CO1.CC1(C)OCC(COS(C)(=O)=O)CO1. The lowest BCUT2D eigenvalue weighted by Crippen LogP contribution is -2.40. The fraction of sp³-hybridized carbons (Fsp3) is 1.00. The van der Waals surface area contributed by atoms with E-state index < -0.39 is 21.7 Å². The molecule has 0 atom stereocenters. The van der Waals surface area contributed by atoms with Crippen LogP contribution in [-0.2, 0) is 33.2 Å². The molecular weight excluding hydrogens is 340 g/mol. The maximum absolute atomic E-state index is 10.7. The summed E-state index contributed by atoms with van der Waals surface area (Å²) >= 11 is 0. The molecule has 2 rings (SSSR count). The smallest absolute Gasteiger partial charge is 0.264 e. The van der Waals surface area contributed by atoms with Crippen molar-refractivity contribution < 1.29 is 36.7 Å². The normalized spacial score (nSPS) is 24.9. The minimum absolute atomic E-state index is 0.0160. The molecule has 0 saturated carbocycles. The monoisotopic (exact) mass is 370 g/mol. The van der Waals surface area contributed by atoms with Crippen molar-refractivity contribution in [2.45, 2.75) is 39.3 Å². The van der Waals surface area contributed by atoms with Crippen LogP contribution in [0.25, 0.3) is 0 Å². The summed E-state index contributed by atoms with van der Waals surface area (Å²) in [6.45, 7) is 9.78. The van der Waals surface area contributed by atoms with Crippen LogP contribution in [0.15, 0.2) is 0 Å². The van der Waals surface area contributed by atoms with E-state index in [2.05, 4.69) is 4.18 Å². The van der Waals surface area contributed by atoms with Crippen molar-refractivity contribution >= 4 is 10.1 Å². The van der Waals surface area contributed by atoms with E-state index in [0.29, 0.717) is 26.4 Å². The fourth-order valence-corrected chi connectivity index (χ4v) is 2.31. The van der Waals surface area contributed by atoms with Crippen LogP contribution in [0, 0.1) is 11.8 Å². The van der Waals surface area contributed by atoms with Crippen molar-refractivity contribution in [2.75, 3.05) is 45.9 Å². The zero-order chi connectivity index (χ0) is 18.4. The van der Waals surface area contributed by atoms with Gasteiger partial charge in [-0.15, -0.1) is 0 Å². The van der Waals surface area contributed by atoms with Gasteiger partial charge in [0.25, 0.3) is 10.1 Å². The van der Waals surface area contributed by atoms with Crippen LogP contribution in [0.3, 0.4) is 0 Å². The quantitative estimate of drug-likeness (QED) is 0.723. The Morgan fingerprint density at radius 1 is 0.917 bits per heavy atom. The van der Waals surface area contributed by atoms with Crippen LogP contribution in [0.5, 0.6) is 0 Å². The molecule has 0 aromatic heterocycles. The molecule has 0 aliphatic carbocycles. The summed E-state index contributed by atoms with van der Waals surface area (Å²) in [5.41, 5.74) is 0. The highest BCUT2D eigenvalue weighted by Gasteiger charge is 2.29. The molecular formula is C15H30O8S. The van der Waals surface area contributed by atoms with Crippen LogP contribution in [-0.4, -0.2) is 71.0 Å². The highest BCUT2D eigenvalue weighted by molar-refractivity contribution is 7.85. The maximum atomic E-state index is 10.7. The first-order valence-electron chi connectivity index (χ1n) is 7.93. The molecule has 2 aliphatic heterocycles. The Kier molecular flexibility index (Phi) is 8.05. The summed E-state index contributed by atoms with van der Waals surface area (Å²) in [4.78, 5) is 0. The van der Waals surface area contributed by atoms with Crippen molar-refractivity contribution in [3.8, 4) is 0 Å². The number of ether oxygens (including phenoxy) is 4. The molecule has 144 valence electrons. The Balaban J connectivity index is 0.000000254. The largest absolute Gasteiger partial charge is 0.396 e. The maximum Gasteiger partial charge on any atom is 0.264 e. The van der Waals surface area contributed by atoms with Gasteiger partial charge in [-0.3, -0.25) is 4.18 Å². The second-order valence-electron chi connectivity index (χ2n) is 6.95. The summed E-state index contributed by atoms with van der Waals surface area (Å²) in [7, 11) is -3.36. The molecule has 2 heterocycles. The molecule has 0 amide bonds. The van der Waals surface area contributed by atoms with Crippen molar-refractivity contribution in [1.82, 2.24) is 0 Å². The lowest BCUT2D eigenvalue weighted by Gasteiger charge is -2.34. The summed E-state index contributed by atoms with van der Waals surface area (Å²) in [6.07, 6.45) is 1.03. The second-order valence-corrected chi connectivity index (χ2v) is 8.59. The third kappa shape index (κ3) is 9.26. The van der Waals surface area contributed by atoms with E-state index in [-0.39, 0.29) is 25.0 Å². The van der Waals surface area contributed by atoms with Gasteiger partial charge < -0.3 is 24.1 Å². The van der Waals surface area contributed by atoms with Crippen LogP contribution in [0.2, 0.25) is 0 Å². The van der Waals surface area contributed by atoms with E-state index >= 15 is 0 Å². The summed E-state index contributed by atoms with van der Waals surface area (Å²) in [5, 5.41) is 8.70. The molecule has 9 heteroatoms. The molecule has 1 N–H and O–H groups in total. The number of aliphatic hydroxyl groups is 1. The lowest BCUT2D eigenvalue weighted by atomic mass is 10.1. The minimum Gasteiger partial charge on any atom is -0.396 e. The fourth-order valence-electron chi connectivity index (χ4n) is 1.88. The number of aliphatic hydroxyl groups excluding tert-OH is 1. The molecule has 8 nitrogen and oxygen atoms in total. The highest BCUT2D eigenvalue weighted by atomic mass is 32.2. The molecule has 0 radical (unpaired) electrons. The second kappa shape index (κ2) is 8.88. The third-order valence-corrected chi connectivity index (χ3v) is 4.01. The molecule has 2 fully saturated rings. The first-order valence-corrected chi connectivity index (χ1v) is 9.75. The van der Waals surface area contributed by atoms with Gasteiger partial charge in [0.1, 0.15) is 0 Å². The van der Waals surface area contributed by atoms with Crippen molar-refractivity contribution in [2.24, 2.45) is 11.8 Å². The van der Waals surface area contributed by atoms with Crippen LogP contribution in [0.4, 0.5) is 0 Å². The van der Waals surface area contributed by atoms with Gasteiger partial charge in [-0.1, -0.05) is 0 Å². The number of hydrogen-bond acceptors (Lipinski definition) is 8. The molecule has 2 aliphatic rings. The van der Waals surface area contributed by atoms with E-state index in [1.807, 2.05) is 27.7 Å². The van der Waals surface area contributed by atoms with Crippen molar-refractivity contribution in [3.05, 3.63) is 0 Å². The van der Waals surface area contributed by atoms with Gasteiger partial charge in [0.15, 0.2) is 11.6 Å². The van der Waals surface area contributed by atoms with Gasteiger partial charge in [0.05, 0.1) is 45.9 Å². The predicted octanol–water partition coefficient (Wildman–Crippen LogP) is 0.740. The topological polar surface area (TPSA) is 101 Å². The standard InChI is InChI=1S/C8H16O5S.C7H14O3/c1-8(2)11-4-7(5-12-8)6-13-14(3,9)10;1-7(2)9-4-6(3-8)5-10-7/h7H,4-6H2,1-3H3;6,8H,3-5H2,1-2H3. The Morgan fingerprint density at radius 2 is 1.29 bits per heavy atom. The van der Waals surface area contributed by atoms with E-state index in [4.69, 9.17) is 24.1 Å². The zero-order valence-corrected chi connectivity index (χ0v) is 15.9. The Labute approximate surface area is 144 Å². The van der Waals surface area contributed by atoms with E-state index in [9.17, 15) is 8.42 Å². The Bertz CT molecular complexity index is 454. The van der Waals surface area contributed by atoms with E-state index in [0.717, 1.165) is 6.26 Å². The van der Waals surface area contributed by atoms with Gasteiger partial charge in [0.2, 0.25) is 0 Å². The van der Waals surface area contributed by atoms with Crippen LogP contribution < -0.4 is 0 Å². The zero-order valence-electron chi connectivity index (χ0n) is 15.1. The first-order chi connectivity index (χ1) is 10.9. The minimum atomic E-state index is -3.36. The van der Waals surface area contributed by atoms with Gasteiger partial charge in [-0.05, 0) is 27.7 Å². The van der Waals surface area contributed by atoms with Gasteiger partial charge in [-0.25, -0.2) is 0 Å². The summed E-state index contributed by atoms with van der Waals surface area (Å²) in [6, 6.07) is 0. The lowest BCUT2D eigenvalue weighted by molar-refractivity contribution is -0.265. The number of rotatable bonds is 4. The Morgan fingerprint density at radius 3 is 1.62 bits per heavy atom. The van der Waals surface area contributed by atoms with Crippen LogP contribution in [0.1, 0.15) is 27.7 Å². The van der Waals surface area contributed by atoms with Crippen molar-refractivity contribution in [3.63, 3.8) is 0 Å². The Hall–Kier alpha value is -0.290. The third-order valence-electron chi connectivity index (χ3n) is 3.44.